The molecule has 0 amide bonds. The van der Waals surface area contributed by atoms with Gasteiger partial charge >= 0.3 is 5.69 Å². The van der Waals surface area contributed by atoms with Crippen molar-refractivity contribution in [2.45, 2.75) is 32.7 Å². The lowest BCUT2D eigenvalue weighted by atomic mass is 10.1. The molecule has 0 aliphatic rings. The lowest BCUT2D eigenvalue weighted by molar-refractivity contribution is -0.384. The fourth-order valence-corrected chi connectivity index (χ4v) is 3.74. The number of benzene rings is 1. The minimum atomic E-state index is -0.436. The maximum Gasteiger partial charge on any atom is 0.332 e. The predicted octanol–water partition coefficient (Wildman–Crippen LogP) is 2.45. The third kappa shape index (κ3) is 2.92. The van der Waals surface area contributed by atoms with E-state index in [9.17, 15) is 19.7 Å². The van der Waals surface area contributed by atoms with Crippen molar-refractivity contribution in [3.63, 3.8) is 0 Å². The first-order chi connectivity index (χ1) is 14.3. The summed E-state index contributed by atoms with van der Waals surface area (Å²) in [5.74, 6) is 0.563. The number of non-ortho nitro benzene ring substituents is 1. The number of rotatable bonds is 6. The molecule has 156 valence electrons. The molecule has 3 heterocycles. The number of hydrogen-bond donors (Lipinski definition) is 0. The molecule has 4 rings (SSSR count). The van der Waals surface area contributed by atoms with E-state index in [0.29, 0.717) is 23.5 Å². The molecular formula is C20H22N6O4. The van der Waals surface area contributed by atoms with Gasteiger partial charge in [-0.2, -0.15) is 4.98 Å². The lowest BCUT2D eigenvalue weighted by Crippen LogP contribution is -2.37. The molecule has 10 heteroatoms. The van der Waals surface area contributed by atoms with Crippen LogP contribution in [0.25, 0.3) is 28.2 Å². The van der Waals surface area contributed by atoms with Gasteiger partial charge in [0, 0.05) is 44.5 Å². The highest BCUT2D eigenvalue weighted by Crippen LogP contribution is 2.27. The molecule has 0 aliphatic carbocycles. The zero-order valence-corrected chi connectivity index (χ0v) is 17.0. The van der Waals surface area contributed by atoms with Crippen LogP contribution in [0.4, 0.5) is 5.69 Å². The largest absolute Gasteiger partial charge is 0.332 e. The van der Waals surface area contributed by atoms with E-state index < -0.39 is 16.2 Å². The summed E-state index contributed by atoms with van der Waals surface area (Å²) in [5.41, 5.74) is 1.42. The third-order valence-electron chi connectivity index (χ3n) is 5.42. The Balaban J connectivity index is 2.00. The smallest absolute Gasteiger partial charge is 0.310 e. The van der Waals surface area contributed by atoms with E-state index in [0.717, 1.165) is 35.1 Å². The molecule has 0 fully saturated rings. The van der Waals surface area contributed by atoms with Crippen LogP contribution in [-0.4, -0.2) is 28.0 Å². The van der Waals surface area contributed by atoms with E-state index >= 15 is 0 Å². The SMILES string of the molecule is CCCCCn1c(-c2ccc([N+](=O)[O-])cc2)cn2c3c(=O)n(C)c(=O)n(C)c3nc12. The summed E-state index contributed by atoms with van der Waals surface area (Å²) in [6.45, 7) is 2.79. The summed E-state index contributed by atoms with van der Waals surface area (Å²) in [6.07, 6.45) is 4.81. The molecule has 0 atom stereocenters. The summed E-state index contributed by atoms with van der Waals surface area (Å²) in [4.78, 5) is 40.3. The normalized spacial score (nSPS) is 11.6. The van der Waals surface area contributed by atoms with Crippen LogP contribution in [0.3, 0.4) is 0 Å². The molecular weight excluding hydrogens is 388 g/mol. The topological polar surface area (TPSA) is 109 Å². The Bertz CT molecular complexity index is 1390. The Morgan fingerprint density at radius 3 is 2.40 bits per heavy atom. The molecule has 1 aromatic carbocycles. The quantitative estimate of drug-likeness (QED) is 0.275. The average molecular weight is 410 g/mol. The Hall–Kier alpha value is -3.69. The predicted molar refractivity (Wildman–Crippen MR) is 113 cm³/mol. The molecule has 0 saturated carbocycles. The molecule has 0 unspecified atom stereocenters. The van der Waals surface area contributed by atoms with Crippen molar-refractivity contribution in [3.8, 4) is 11.3 Å². The van der Waals surface area contributed by atoms with E-state index in [4.69, 9.17) is 0 Å². The van der Waals surface area contributed by atoms with Crippen molar-refractivity contribution in [3.05, 3.63) is 61.4 Å². The van der Waals surface area contributed by atoms with Crippen LogP contribution < -0.4 is 11.2 Å². The number of nitro benzene ring substituents is 1. The Kier molecular flexibility index (Phi) is 4.76. The summed E-state index contributed by atoms with van der Waals surface area (Å²) < 4.78 is 6.14. The molecule has 30 heavy (non-hydrogen) atoms. The Morgan fingerprint density at radius 2 is 1.77 bits per heavy atom. The molecule has 0 spiro atoms. The number of aromatic nitrogens is 5. The van der Waals surface area contributed by atoms with Crippen LogP contribution >= 0.6 is 0 Å². The molecule has 0 bridgehead atoms. The van der Waals surface area contributed by atoms with Gasteiger partial charge in [0.15, 0.2) is 11.2 Å². The van der Waals surface area contributed by atoms with Crippen molar-refractivity contribution in [2.24, 2.45) is 14.1 Å². The van der Waals surface area contributed by atoms with Crippen LogP contribution in [0.2, 0.25) is 0 Å². The van der Waals surface area contributed by atoms with Gasteiger partial charge in [-0.25, -0.2) is 4.79 Å². The summed E-state index contributed by atoms with van der Waals surface area (Å²) in [5, 5.41) is 11.0. The van der Waals surface area contributed by atoms with Crippen molar-refractivity contribution in [2.75, 3.05) is 0 Å². The van der Waals surface area contributed by atoms with Crippen LogP contribution in [0.5, 0.6) is 0 Å². The highest BCUT2D eigenvalue weighted by Gasteiger charge is 2.21. The Labute approximate surface area is 170 Å². The van der Waals surface area contributed by atoms with Crippen LogP contribution in [0, 0.1) is 10.1 Å². The van der Waals surface area contributed by atoms with Gasteiger partial charge in [-0.15, -0.1) is 0 Å². The van der Waals surface area contributed by atoms with E-state index in [1.165, 1.54) is 23.7 Å². The van der Waals surface area contributed by atoms with Gasteiger partial charge in [0.2, 0.25) is 5.78 Å². The second-order valence-corrected chi connectivity index (χ2v) is 7.34. The number of aryl methyl sites for hydroxylation is 2. The van der Waals surface area contributed by atoms with Crippen molar-refractivity contribution >= 4 is 22.6 Å². The first kappa shape index (κ1) is 19.6. The maximum absolute atomic E-state index is 12.8. The molecule has 0 aliphatic heterocycles. The number of fused-ring (bicyclic) bond motifs is 3. The zero-order valence-electron chi connectivity index (χ0n) is 17.0. The van der Waals surface area contributed by atoms with E-state index in [1.807, 2.05) is 10.8 Å². The number of nitro groups is 1. The van der Waals surface area contributed by atoms with Gasteiger partial charge in [0.1, 0.15) is 0 Å². The summed E-state index contributed by atoms with van der Waals surface area (Å²) in [7, 11) is 3.04. The summed E-state index contributed by atoms with van der Waals surface area (Å²) in [6, 6.07) is 6.31. The number of imidazole rings is 2. The summed E-state index contributed by atoms with van der Waals surface area (Å²) >= 11 is 0. The average Bonchev–Trinajstić information content (AvgIpc) is 3.28. The van der Waals surface area contributed by atoms with E-state index in [2.05, 4.69) is 11.9 Å². The first-order valence-electron chi connectivity index (χ1n) is 9.77. The minimum absolute atomic E-state index is 0.0157. The number of hydrogen-bond acceptors (Lipinski definition) is 5. The Morgan fingerprint density at radius 1 is 1.07 bits per heavy atom. The molecule has 10 nitrogen and oxygen atoms in total. The molecule has 0 saturated heterocycles. The first-order valence-corrected chi connectivity index (χ1v) is 9.77. The van der Waals surface area contributed by atoms with Crippen LogP contribution in [0.15, 0.2) is 40.1 Å². The molecule has 0 radical (unpaired) electrons. The highest BCUT2D eigenvalue weighted by molar-refractivity contribution is 5.78. The van der Waals surface area contributed by atoms with Gasteiger partial charge in [-0.05, 0) is 18.6 Å². The van der Waals surface area contributed by atoms with Gasteiger partial charge < -0.3 is 4.57 Å². The number of nitrogens with zero attached hydrogens (tertiary/aromatic N) is 6. The third-order valence-corrected chi connectivity index (χ3v) is 5.42. The van der Waals surface area contributed by atoms with Crippen molar-refractivity contribution in [1.29, 1.82) is 0 Å². The fourth-order valence-electron chi connectivity index (χ4n) is 3.74. The molecule has 0 N–H and O–H groups in total. The zero-order chi connectivity index (χ0) is 21.6. The van der Waals surface area contributed by atoms with Gasteiger partial charge in [0.05, 0.1) is 10.6 Å². The lowest BCUT2D eigenvalue weighted by Gasteiger charge is -2.08. The second kappa shape index (κ2) is 7.29. The van der Waals surface area contributed by atoms with Gasteiger partial charge in [-0.1, -0.05) is 19.8 Å². The molecule has 3 aromatic heterocycles. The van der Waals surface area contributed by atoms with Gasteiger partial charge in [0.25, 0.3) is 11.2 Å². The van der Waals surface area contributed by atoms with Crippen LogP contribution in [0.1, 0.15) is 26.2 Å². The second-order valence-electron chi connectivity index (χ2n) is 7.34. The molecule has 4 aromatic rings. The van der Waals surface area contributed by atoms with Crippen molar-refractivity contribution in [1.82, 2.24) is 23.1 Å². The van der Waals surface area contributed by atoms with E-state index in [1.54, 1.807) is 23.6 Å². The highest BCUT2D eigenvalue weighted by atomic mass is 16.6. The fraction of sp³-hybridized carbons (Fsp3) is 0.350. The van der Waals surface area contributed by atoms with Crippen LogP contribution in [-0.2, 0) is 20.6 Å². The van der Waals surface area contributed by atoms with Crippen molar-refractivity contribution < 1.29 is 4.92 Å². The maximum atomic E-state index is 12.8. The standard InChI is InChI=1S/C20H22N6O4/c1-4-5-6-11-24-15(13-7-9-14(10-8-13)26(29)30)12-25-16-17(21-19(24)25)22(2)20(28)23(3)18(16)27/h7-10,12H,4-6,11H2,1-3H3. The monoisotopic (exact) mass is 410 g/mol. The minimum Gasteiger partial charge on any atom is -0.310 e. The number of unbranched alkanes of at least 4 members (excludes halogenated alkanes) is 2. The van der Waals surface area contributed by atoms with E-state index in [-0.39, 0.29) is 5.69 Å². The van der Waals surface area contributed by atoms with Gasteiger partial charge in [-0.3, -0.25) is 28.4 Å².